The van der Waals surface area contributed by atoms with Crippen molar-refractivity contribution in [2.24, 2.45) is 0 Å². The first kappa shape index (κ1) is 23.4. The first-order chi connectivity index (χ1) is 16.3. The van der Waals surface area contributed by atoms with E-state index in [0.717, 1.165) is 22.3 Å². The van der Waals surface area contributed by atoms with Crippen molar-refractivity contribution in [2.75, 3.05) is 5.32 Å². The fourth-order valence-corrected chi connectivity index (χ4v) is 4.47. The molecule has 1 heterocycles. The number of anilines is 1. The SMILES string of the molecule is CC(C)S(=O)(=O)c1ccc(Cc2nnc(NC(=O)Cc3ccc(-c4ccccc4)cc3)o2)cc1. The molecule has 0 atom stereocenters. The summed E-state index contributed by atoms with van der Waals surface area (Å²) >= 11 is 0. The van der Waals surface area contributed by atoms with E-state index in [2.05, 4.69) is 15.5 Å². The van der Waals surface area contributed by atoms with Gasteiger partial charge in [-0.25, -0.2) is 8.42 Å². The van der Waals surface area contributed by atoms with Crippen LogP contribution in [0.1, 0.15) is 30.9 Å². The number of carbonyl (C=O) groups excluding carboxylic acids is 1. The van der Waals surface area contributed by atoms with Crippen molar-refractivity contribution in [3.05, 3.63) is 95.9 Å². The van der Waals surface area contributed by atoms with Crippen molar-refractivity contribution in [3.63, 3.8) is 0 Å². The molecule has 0 bridgehead atoms. The van der Waals surface area contributed by atoms with Crippen molar-refractivity contribution >= 4 is 21.8 Å². The molecule has 4 rings (SSSR count). The van der Waals surface area contributed by atoms with Gasteiger partial charge in [-0.05, 0) is 48.2 Å². The highest BCUT2D eigenvalue weighted by Crippen LogP contribution is 2.20. The van der Waals surface area contributed by atoms with Crippen LogP contribution in [0.15, 0.2) is 88.2 Å². The molecule has 3 aromatic carbocycles. The average molecular weight is 476 g/mol. The smallest absolute Gasteiger partial charge is 0.322 e. The number of carbonyl (C=O) groups is 1. The Hall–Kier alpha value is -3.78. The maximum Gasteiger partial charge on any atom is 0.322 e. The van der Waals surface area contributed by atoms with Crippen LogP contribution in [0.25, 0.3) is 11.1 Å². The second kappa shape index (κ2) is 10.0. The molecule has 0 aliphatic heterocycles. The lowest BCUT2D eigenvalue weighted by molar-refractivity contribution is -0.115. The quantitative estimate of drug-likeness (QED) is 0.397. The standard InChI is InChI=1S/C26H25N3O4S/c1-18(2)34(31,32)23-14-10-20(11-15-23)17-25-28-29-26(33-25)27-24(30)16-19-8-12-22(13-9-19)21-6-4-3-5-7-21/h3-15,18H,16-17H2,1-2H3,(H,27,29,30). The Bertz CT molecular complexity index is 1360. The highest BCUT2D eigenvalue weighted by molar-refractivity contribution is 7.92. The van der Waals surface area contributed by atoms with E-state index in [0.29, 0.717) is 12.3 Å². The van der Waals surface area contributed by atoms with Gasteiger partial charge in [-0.2, -0.15) is 0 Å². The van der Waals surface area contributed by atoms with Crippen LogP contribution in [-0.4, -0.2) is 29.8 Å². The largest absolute Gasteiger partial charge is 0.407 e. The van der Waals surface area contributed by atoms with E-state index >= 15 is 0 Å². The fraction of sp³-hybridized carbons (Fsp3) is 0.192. The van der Waals surface area contributed by atoms with Gasteiger partial charge in [0.25, 0.3) is 0 Å². The number of benzene rings is 3. The molecule has 0 saturated carbocycles. The van der Waals surface area contributed by atoms with Gasteiger partial charge in [-0.1, -0.05) is 71.8 Å². The Morgan fingerprint density at radius 2 is 1.47 bits per heavy atom. The molecule has 1 N–H and O–H groups in total. The number of amides is 1. The molecule has 0 radical (unpaired) electrons. The summed E-state index contributed by atoms with van der Waals surface area (Å²) in [6, 6.07) is 24.5. The van der Waals surface area contributed by atoms with E-state index in [1.165, 1.54) is 0 Å². The second-order valence-corrected chi connectivity index (χ2v) is 10.7. The Morgan fingerprint density at radius 3 is 2.12 bits per heavy atom. The van der Waals surface area contributed by atoms with E-state index < -0.39 is 15.1 Å². The van der Waals surface area contributed by atoms with Crippen LogP contribution in [0.5, 0.6) is 0 Å². The lowest BCUT2D eigenvalue weighted by Gasteiger charge is -2.08. The van der Waals surface area contributed by atoms with Crippen molar-refractivity contribution < 1.29 is 17.6 Å². The molecule has 0 aliphatic rings. The molecule has 1 amide bonds. The highest BCUT2D eigenvalue weighted by Gasteiger charge is 2.19. The van der Waals surface area contributed by atoms with Crippen molar-refractivity contribution in [1.29, 1.82) is 0 Å². The lowest BCUT2D eigenvalue weighted by Crippen LogP contribution is -2.14. The first-order valence-electron chi connectivity index (χ1n) is 10.9. The van der Waals surface area contributed by atoms with E-state index in [-0.39, 0.29) is 23.2 Å². The van der Waals surface area contributed by atoms with Crippen LogP contribution in [-0.2, 0) is 27.5 Å². The minimum absolute atomic E-state index is 0.0277. The van der Waals surface area contributed by atoms with Crippen LogP contribution in [0, 0.1) is 0 Å². The number of nitrogens with zero attached hydrogens (tertiary/aromatic N) is 2. The normalized spacial score (nSPS) is 11.5. The fourth-order valence-electron chi connectivity index (χ4n) is 3.41. The molecule has 34 heavy (non-hydrogen) atoms. The Balaban J connectivity index is 1.33. The zero-order valence-corrected chi connectivity index (χ0v) is 19.7. The summed E-state index contributed by atoms with van der Waals surface area (Å²) < 4.78 is 30.0. The topological polar surface area (TPSA) is 102 Å². The molecule has 0 unspecified atom stereocenters. The van der Waals surface area contributed by atoms with Crippen molar-refractivity contribution in [2.45, 2.75) is 36.8 Å². The summed E-state index contributed by atoms with van der Waals surface area (Å²) in [5.41, 5.74) is 3.89. The van der Waals surface area contributed by atoms with Gasteiger partial charge in [0.2, 0.25) is 11.8 Å². The molecule has 0 aliphatic carbocycles. The maximum atomic E-state index is 12.4. The van der Waals surface area contributed by atoms with Crippen LogP contribution in [0.3, 0.4) is 0 Å². The zero-order chi connectivity index (χ0) is 24.1. The third kappa shape index (κ3) is 5.58. The monoisotopic (exact) mass is 475 g/mol. The molecule has 8 heteroatoms. The number of hydrogen-bond donors (Lipinski definition) is 1. The second-order valence-electron chi connectivity index (χ2n) is 8.20. The number of rotatable bonds is 8. The van der Waals surface area contributed by atoms with Gasteiger partial charge in [-0.3, -0.25) is 10.1 Å². The Labute approximate surface area is 198 Å². The summed E-state index contributed by atoms with van der Waals surface area (Å²) in [7, 11) is -3.32. The van der Waals surface area contributed by atoms with Crippen molar-refractivity contribution in [1.82, 2.24) is 10.2 Å². The molecule has 0 spiro atoms. The molecule has 0 saturated heterocycles. The van der Waals surface area contributed by atoms with Crippen LogP contribution in [0.4, 0.5) is 6.01 Å². The number of sulfone groups is 1. The third-order valence-electron chi connectivity index (χ3n) is 5.37. The average Bonchev–Trinajstić information content (AvgIpc) is 3.26. The molecule has 7 nitrogen and oxygen atoms in total. The summed E-state index contributed by atoms with van der Waals surface area (Å²) in [5.74, 6) is 0.0629. The molecular weight excluding hydrogens is 450 g/mol. The summed E-state index contributed by atoms with van der Waals surface area (Å²) in [6.45, 7) is 3.30. The van der Waals surface area contributed by atoms with Crippen LogP contribution < -0.4 is 5.32 Å². The maximum absolute atomic E-state index is 12.4. The van der Waals surface area contributed by atoms with Gasteiger partial charge < -0.3 is 4.42 Å². The molecular formula is C26H25N3O4S. The highest BCUT2D eigenvalue weighted by atomic mass is 32.2. The van der Waals surface area contributed by atoms with Gasteiger partial charge >= 0.3 is 6.01 Å². The van der Waals surface area contributed by atoms with Gasteiger partial charge in [0.15, 0.2) is 9.84 Å². The van der Waals surface area contributed by atoms with Crippen molar-refractivity contribution in [3.8, 4) is 11.1 Å². The predicted octanol–water partition coefficient (Wildman–Crippen LogP) is 4.69. The van der Waals surface area contributed by atoms with E-state index in [9.17, 15) is 13.2 Å². The van der Waals surface area contributed by atoms with Gasteiger partial charge in [0.05, 0.1) is 23.0 Å². The minimum atomic E-state index is -3.32. The molecule has 174 valence electrons. The van der Waals surface area contributed by atoms with Gasteiger partial charge in [-0.15, -0.1) is 5.10 Å². The molecule has 0 fully saturated rings. The van der Waals surface area contributed by atoms with Crippen LogP contribution in [0.2, 0.25) is 0 Å². The number of hydrogen-bond acceptors (Lipinski definition) is 6. The van der Waals surface area contributed by atoms with Crippen LogP contribution >= 0.6 is 0 Å². The van der Waals surface area contributed by atoms with E-state index in [4.69, 9.17) is 4.42 Å². The first-order valence-corrected chi connectivity index (χ1v) is 12.5. The molecule has 4 aromatic rings. The van der Waals surface area contributed by atoms with E-state index in [1.54, 1.807) is 38.1 Å². The lowest BCUT2D eigenvalue weighted by atomic mass is 10.0. The van der Waals surface area contributed by atoms with Gasteiger partial charge in [0, 0.05) is 0 Å². The zero-order valence-electron chi connectivity index (χ0n) is 18.9. The number of aromatic nitrogens is 2. The van der Waals surface area contributed by atoms with Gasteiger partial charge in [0.1, 0.15) is 0 Å². The number of nitrogens with one attached hydrogen (secondary N) is 1. The minimum Gasteiger partial charge on any atom is -0.407 e. The third-order valence-corrected chi connectivity index (χ3v) is 7.54. The Kier molecular flexibility index (Phi) is 6.88. The summed E-state index contributed by atoms with van der Waals surface area (Å²) in [5, 5.41) is 9.99. The Morgan fingerprint density at radius 1 is 0.853 bits per heavy atom. The summed E-state index contributed by atoms with van der Waals surface area (Å²) in [6.07, 6.45) is 0.504. The predicted molar refractivity (Wildman–Crippen MR) is 130 cm³/mol. The van der Waals surface area contributed by atoms with E-state index in [1.807, 2.05) is 54.6 Å². The molecule has 1 aromatic heterocycles. The summed E-state index contributed by atoms with van der Waals surface area (Å²) in [4.78, 5) is 12.7.